The maximum atomic E-state index is 12.3. The molecule has 116 valence electrons. The minimum Gasteiger partial charge on any atom is -0.397 e. The summed E-state index contributed by atoms with van der Waals surface area (Å²) in [6.07, 6.45) is 3.40. The van der Waals surface area contributed by atoms with Crippen LogP contribution in [-0.4, -0.2) is 51.2 Å². The van der Waals surface area contributed by atoms with Crippen molar-refractivity contribution in [3.05, 3.63) is 10.4 Å². The summed E-state index contributed by atoms with van der Waals surface area (Å²) in [4.78, 5) is 17.0. The summed E-state index contributed by atoms with van der Waals surface area (Å²) in [5.41, 5.74) is 8.26. The molecule has 2 fully saturated rings. The maximum absolute atomic E-state index is 12.3. The summed E-state index contributed by atoms with van der Waals surface area (Å²) in [6, 6.07) is 0. The molecular formula is C15H23N3O2S. The normalized spacial score (nSPS) is 19.4. The highest BCUT2D eigenvalue weighted by Gasteiger charge is 2.35. The highest BCUT2D eigenvalue weighted by Crippen LogP contribution is 2.52. The molecule has 1 aromatic rings. The lowest BCUT2D eigenvalue weighted by Gasteiger charge is -2.21. The minimum absolute atomic E-state index is 0.0109. The van der Waals surface area contributed by atoms with Gasteiger partial charge in [0.2, 0.25) is 0 Å². The van der Waals surface area contributed by atoms with E-state index in [1.807, 2.05) is 0 Å². The van der Waals surface area contributed by atoms with E-state index >= 15 is 0 Å². The Kier molecular flexibility index (Phi) is 4.08. The van der Waals surface area contributed by atoms with E-state index < -0.39 is 0 Å². The number of rotatable bonds is 3. The molecule has 1 aliphatic heterocycles. The van der Waals surface area contributed by atoms with Gasteiger partial charge in [-0.15, -0.1) is 11.3 Å². The van der Waals surface area contributed by atoms with Crippen LogP contribution in [0.5, 0.6) is 0 Å². The van der Waals surface area contributed by atoms with Crippen molar-refractivity contribution >= 4 is 27.9 Å². The van der Waals surface area contributed by atoms with Crippen LogP contribution < -0.4 is 10.6 Å². The second kappa shape index (κ2) is 5.85. The van der Waals surface area contributed by atoms with Crippen LogP contribution >= 0.6 is 11.3 Å². The first kappa shape index (κ1) is 14.7. The minimum atomic E-state index is 0.0109. The summed E-state index contributed by atoms with van der Waals surface area (Å²) in [6.45, 7) is 3.43. The summed E-state index contributed by atoms with van der Waals surface area (Å²) in [7, 11) is 3.55. The number of amides is 1. The number of ether oxygens (including phenoxy) is 1. The van der Waals surface area contributed by atoms with Crippen molar-refractivity contribution < 1.29 is 9.53 Å². The van der Waals surface area contributed by atoms with Gasteiger partial charge in [-0.25, -0.2) is 0 Å². The molecule has 0 aromatic carbocycles. The molecule has 2 N–H and O–H groups in total. The Labute approximate surface area is 129 Å². The zero-order valence-corrected chi connectivity index (χ0v) is 13.5. The molecule has 0 unspecified atom stereocenters. The number of nitrogens with two attached hydrogens (primary N) is 1. The lowest BCUT2D eigenvalue weighted by molar-refractivity contribution is 0.0833. The molecule has 21 heavy (non-hydrogen) atoms. The summed E-state index contributed by atoms with van der Waals surface area (Å²) >= 11 is 1.56. The molecule has 1 aromatic heterocycles. The van der Waals surface area contributed by atoms with E-state index in [4.69, 9.17) is 10.5 Å². The Morgan fingerprint density at radius 3 is 2.76 bits per heavy atom. The third kappa shape index (κ3) is 2.87. The Balaban J connectivity index is 1.98. The lowest BCUT2D eigenvalue weighted by Crippen LogP contribution is -2.25. The summed E-state index contributed by atoms with van der Waals surface area (Å²) in [5.74, 6) is 0.556. The predicted molar refractivity (Wildman–Crippen MR) is 86.4 cm³/mol. The molecule has 2 aliphatic rings. The summed E-state index contributed by atoms with van der Waals surface area (Å²) < 4.78 is 5.54. The largest absolute Gasteiger partial charge is 0.397 e. The smallest absolute Gasteiger partial charge is 0.265 e. The molecule has 3 rings (SSSR count). The average Bonchev–Trinajstić information content (AvgIpc) is 3.26. The fourth-order valence-corrected chi connectivity index (χ4v) is 4.14. The monoisotopic (exact) mass is 309 g/mol. The van der Waals surface area contributed by atoms with Crippen LogP contribution in [0.15, 0.2) is 0 Å². The number of carbonyl (C=O) groups is 1. The van der Waals surface area contributed by atoms with Crippen LogP contribution in [0.3, 0.4) is 0 Å². The third-order valence-electron chi connectivity index (χ3n) is 4.06. The quantitative estimate of drug-likeness (QED) is 0.929. The number of carbonyl (C=O) groups excluding carboxylic acids is 1. The average molecular weight is 309 g/mol. The topological polar surface area (TPSA) is 58.8 Å². The molecule has 5 nitrogen and oxygen atoms in total. The Bertz CT molecular complexity index is 529. The maximum Gasteiger partial charge on any atom is 0.265 e. The predicted octanol–water partition coefficient (Wildman–Crippen LogP) is 2.14. The van der Waals surface area contributed by atoms with Gasteiger partial charge < -0.3 is 20.3 Å². The van der Waals surface area contributed by atoms with E-state index in [1.54, 1.807) is 30.3 Å². The van der Waals surface area contributed by atoms with E-state index in [-0.39, 0.29) is 5.91 Å². The Morgan fingerprint density at radius 1 is 1.33 bits per heavy atom. The van der Waals surface area contributed by atoms with Gasteiger partial charge >= 0.3 is 0 Å². The van der Waals surface area contributed by atoms with Crippen molar-refractivity contribution in [1.82, 2.24) is 4.90 Å². The van der Waals surface area contributed by atoms with Crippen LogP contribution in [0.25, 0.3) is 0 Å². The van der Waals surface area contributed by atoms with Gasteiger partial charge in [0.05, 0.1) is 17.3 Å². The van der Waals surface area contributed by atoms with Crippen molar-refractivity contribution in [2.75, 3.05) is 51.0 Å². The number of nitrogens with zero attached hydrogens (tertiary/aromatic N) is 2. The molecular weight excluding hydrogens is 286 g/mol. The molecule has 0 atom stereocenters. The molecule has 2 heterocycles. The highest BCUT2D eigenvalue weighted by atomic mass is 32.1. The third-order valence-corrected chi connectivity index (χ3v) is 5.33. The highest BCUT2D eigenvalue weighted by molar-refractivity contribution is 7.18. The van der Waals surface area contributed by atoms with E-state index in [9.17, 15) is 4.79 Å². The fraction of sp³-hybridized carbons (Fsp3) is 0.667. The van der Waals surface area contributed by atoms with Crippen LogP contribution in [-0.2, 0) is 4.74 Å². The number of thiophene rings is 1. The Hall–Kier alpha value is -1.27. The van der Waals surface area contributed by atoms with Gasteiger partial charge in [0.15, 0.2) is 0 Å². The molecule has 1 saturated heterocycles. The molecule has 1 amide bonds. The van der Waals surface area contributed by atoms with Gasteiger partial charge in [-0.3, -0.25) is 4.79 Å². The molecule has 0 bridgehead atoms. The second-order valence-electron chi connectivity index (χ2n) is 5.99. The van der Waals surface area contributed by atoms with Gasteiger partial charge in [-0.1, -0.05) is 0 Å². The first-order chi connectivity index (χ1) is 10.1. The number of anilines is 2. The number of hydrogen-bond donors (Lipinski definition) is 1. The molecule has 1 aliphatic carbocycles. The van der Waals surface area contributed by atoms with Gasteiger partial charge in [0.25, 0.3) is 5.91 Å². The van der Waals surface area contributed by atoms with E-state index in [2.05, 4.69) is 4.90 Å². The zero-order valence-electron chi connectivity index (χ0n) is 12.7. The van der Waals surface area contributed by atoms with Crippen LogP contribution in [0.1, 0.15) is 40.4 Å². The van der Waals surface area contributed by atoms with E-state index in [1.165, 1.54) is 23.4 Å². The van der Waals surface area contributed by atoms with Gasteiger partial charge in [-0.2, -0.15) is 0 Å². The number of nitrogen functional groups attached to an aromatic ring is 1. The van der Waals surface area contributed by atoms with Crippen molar-refractivity contribution in [3.63, 3.8) is 0 Å². The molecule has 0 spiro atoms. The number of hydrogen-bond acceptors (Lipinski definition) is 5. The molecule has 0 radical (unpaired) electrons. The van der Waals surface area contributed by atoms with E-state index in [0.717, 1.165) is 32.7 Å². The molecule has 6 heteroatoms. The second-order valence-corrected chi connectivity index (χ2v) is 6.99. The van der Waals surface area contributed by atoms with Crippen molar-refractivity contribution in [2.24, 2.45) is 0 Å². The van der Waals surface area contributed by atoms with Crippen molar-refractivity contribution in [3.8, 4) is 0 Å². The summed E-state index contributed by atoms with van der Waals surface area (Å²) in [5, 5.41) is 1.20. The van der Waals surface area contributed by atoms with Crippen LogP contribution in [0.2, 0.25) is 0 Å². The SMILES string of the molecule is CN(C)C(=O)c1sc(N2CCCOCC2)c(C2CC2)c1N. The molecule has 1 saturated carbocycles. The van der Waals surface area contributed by atoms with Crippen molar-refractivity contribution in [2.45, 2.75) is 25.2 Å². The first-order valence-corrected chi connectivity index (χ1v) is 8.37. The standard InChI is InChI=1S/C15H23N3O2S/c1-17(2)14(19)13-12(16)11(10-4-5-10)15(21-13)18-6-3-8-20-9-7-18/h10H,3-9,16H2,1-2H3. The first-order valence-electron chi connectivity index (χ1n) is 7.56. The fourth-order valence-electron chi connectivity index (χ4n) is 2.76. The lowest BCUT2D eigenvalue weighted by atomic mass is 10.1. The van der Waals surface area contributed by atoms with Crippen molar-refractivity contribution in [1.29, 1.82) is 0 Å². The van der Waals surface area contributed by atoms with E-state index in [0.29, 0.717) is 16.5 Å². The van der Waals surface area contributed by atoms with Gasteiger partial charge in [0, 0.05) is 39.4 Å². The van der Waals surface area contributed by atoms with Gasteiger partial charge in [0.1, 0.15) is 4.88 Å². The van der Waals surface area contributed by atoms with Crippen LogP contribution in [0, 0.1) is 0 Å². The van der Waals surface area contributed by atoms with Gasteiger partial charge in [-0.05, 0) is 25.2 Å². The zero-order chi connectivity index (χ0) is 15.0. The Morgan fingerprint density at radius 2 is 2.10 bits per heavy atom. The van der Waals surface area contributed by atoms with Crippen LogP contribution in [0.4, 0.5) is 10.7 Å².